The third kappa shape index (κ3) is 5.55. The lowest BCUT2D eigenvalue weighted by Crippen LogP contribution is -2.59. The van der Waals surface area contributed by atoms with E-state index >= 15 is 0 Å². The number of nitrogens with zero attached hydrogens (tertiary/aromatic N) is 8. The van der Waals surface area contributed by atoms with E-state index in [1.54, 1.807) is 12.4 Å². The van der Waals surface area contributed by atoms with Gasteiger partial charge in [0.25, 0.3) is 0 Å². The lowest BCUT2D eigenvalue weighted by Gasteiger charge is -2.61. The van der Waals surface area contributed by atoms with Gasteiger partial charge in [0.1, 0.15) is 29.6 Å². The van der Waals surface area contributed by atoms with Gasteiger partial charge < -0.3 is 34.8 Å². The van der Waals surface area contributed by atoms with Crippen molar-refractivity contribution < 1.29 is 51.8 Å². The maximum absolute atomic E-state index is 11.8. The number of aliphatic carboxylic acids is 2. The lowest BCUT2D eigenvalue weighted by molar-refractivity contribution is -0.192. The Bertz CT molecular complexity index is 1900. The van der Waals surface area contributed by atoms with Crippen molar-refractivity contribution in [2.45, 2.75) is 55.8 Å². The van der Waals surface area contributed by atoms with Gasteiger partial charge in [0, 0.05) is 5.92 Å². The number of hydrogen-bond acceptors (Lipinski definition) is 13. The first-order chi connectivity index (χ1) is 22.8. The van der Waals surface area contributed by atoms with Crippen LogP contribution in [-0.4, -0.2) is 100.0 Å². The summed E-state index contributed by atoms with van der Waals surface area (Å²) < 4.78 is 50.2. The second-order valence-electron chi connectivity index (χ2n) is 12.1. The number of likely N-dealkylation sites (tertiary alicyclic amines) is 1. The molecule has 17 nitrogen and oxygen atoms in total. The van der Waals surface area contributed by atoms with E-state index in [2.05, 4.69) is 29.8 Å². The van der Waals surface area contributed by atoms with Crippen LogP contribution in [0.25, 0.3) is 33.8 Å². The fourth-order valence-electron chi connectivity index (χ4n) is 6.04. The molecule has 2 bridgehead atoms. The molecule has 4 N–H and O–H groups in total. The average molecular weight is 674 g/mol. The number of carboxylic acids is 2. The van der Waals surface area contributed by atoms with Crippen molar-refractivity contribution in [1.29, 1.82) is 0 Å². The van der Waals surface area contributed by atoms with E-state index < -0.39 is 30.8 Å². The maximum Gasteiger partial charge on any atom is 0.490 e. The van der Waals surface area contributed by atoms with Crippen molar-refractivity contribution in [1.82, 2.24) is 39.8 Å². The van der Waals surface area contributed by atoms with E-state index in [4.69, 9.17) is 35.1 Å². The van der Waals surface area contributed by atoms with E-state index in [0.29, 0.717) is 51.1 Å². The summed E-state index contributed by atoms with van der Waals surface area (Å²) >= 11 is 0. The number of nitrogens with two attached hydrogens (primary N) is 1. The number of carbonyl (C=O) groups is 3. The molecular formula is C28H26F3N9O8. The van der Waals surface area contributed by atoms with E-state index in [0.717, 1.165) is 38.0 Å². The maximum atomic E-state index is 11.8. The van der Waals surface area contributed by atoms with Gasteiger partial charge in [-0.15, -0.1) is 0 Å². The molecule has 4 aliphatic carbocycles. The highest BCUT2D eigenvalue weighted by molar-refractivity contribution is 6.00. The van der Waals surface area contributed by atoms with Gasteiger partial charge in [-0.2, -0.15) is 18.3 Å². The summed E-state index contributed by atoms with van der Waals surface area (Å²) in [4.78, 5) is 50.6. The Labute approximate surface area is 266 Å². The number of carboxylic acid groups (broad SMARTS) is 2. The zero-order valence-corrected chi connectivity index (χ0v) is 24.8. The molecular weight excluding hydrogens is 647 g/mol. The van der Waals surface area contributed by atoms with Gasteiger partial charge in [-0.3, -0.25) is 0 Å². The molecule has 5 heterocycles. The van der Waals surface area contributed by atoms with Gasteiger partial charge in [0.05, 0.1) is 42.0 Å². The predicted molar refractivity (Wildman–Crippen MR) is 152 cm³/mol. The first-order valence-corrected chi connectivity index (χ1v) is 14.8. The quantitative estimate of drug-likeness (QED) is 0.244. The molecule has 20 heteroatoms. The first kappa shape index (κ1) is 31.1. The van der Waals surface area contributed by atoms with Crippen LogP contribution in [0, 0.1) is 5.92 Å². The topological polar surface area (TPSA) is 235 Å². The summed E-state index contributed by atoms with van der Waals surface area (Å²) in [6, 6.07) is 0. The van der Waals surface area contributed by atoms with Crippen molar-refractivity contribution in [2.75, 3.05) is 25.4 Å². The SMILES string of the molecule is Nc1ncnc2c1c(-c1noc(C3CC3)c1-c1ncc(OC3CN(C(=O)OCC(=O)O)C3)cn1)nn2C12CC(C1)C2.O=C(O)C(F)(F)F. The Morgan fingerprint density at radius 3 is 2.27 bits per heavy atom. The van der Waals surface area contributed by atoms with Crippen LogP contribution < -0.4 is 10.5 Å². The fourth-order valence-corrected chi connectivity index (χ4v) is 6.04. The van der Waals surface area contributed by atoms with Crippen molar-refractivity contribution >= 4 is 34.9 Å². The number of anilines is 1. The summed E-state index contributed by atoms with van der Waals surface area (Å²) in [5.74, 6) is -1.09. The van der Waals surface area contributed by atoms with E-state index in [1.807, 2.05) is 4.68 Å². The summed E-state index contributed by atoms with van der Waals surface area (Å²) in [5, 5.41) is 25.9. The van der Waals surface area contributed by atoms with Crippen molar-refractivity contribution in [3.05, 3.63) is 24.5 Å². The predicted octanol–water partition coefficient (Wildman–Crippen LogP) is 2.82. The summed E-state index contributed by atoms with van der Waals surface area (Å²) in [7, 11) is 0. The van der Waals surface area contributed by atoms with Gasteiger partial charge in [-0.05, 0) is 38.0 Å². The van der Waals surface area contributed by atoms with Gasteiger partial charge in [0.15, 0.2) is 29.6 Å². The minimum atomic E-state index is -5.08. The lowest BCUT2D eigenvalue weighted by atomic mass is 9.50. The molecule has 5 aliphatic rings. The molecule has 5 fully saturated rings. The largest absolute Gasteiger partial charge is 0.490 e. The minimum absolute atomic E-state index is 0.0230. The van der Waals surface area contributed by atoms with Crippen molar-refractivity contribution in [2.24, 2.45) is 5.92 Å². The number of ether oxygens (including phenoxy) is 2. The van der Waals surface area contributed by atoms with Crippen LogP contribution in [0.3, 0.4) is 0 Å². The Hall–Kier alpha value is -5.56. The Balaban J connectivity index is 0.000000473. The number of carbonyl (C=O) groups excluding carboxylic acids is 1. The Morgan fingerprint density at radius 1 is 1.04 bits per heavy atom. The number of rotatable bonds is 8. The molecule has 4 saturated carbocycles. The number of amides is 1. The second kappa shape index (κ2) is 11.3. The number of halogens is 3. The third-order valence-electron chi connectivity index (χ3n) is 8.66. The van der Waals surface area contributed by atoms with Crippen LogP contribution in [0.1, 0.15) is 43.8 Å². The van der Waals surface area contributed by atoms with Crippen molar-refractivity contribution in [3.63, 3.8) is 0 Å². The van der Waals surface area contributed by atoms with Crippen LogP contribution in [0.15, 0.2) is 23.2 Å². The molecule has 4 aromatic rings. The number of fused-ring (bicyclic) bond motifs is 1. The van der Waals surface area contributed by atoms with Crippen LogP contribution in [0.4, 0.5) is 23.8 Å². The highest BCUT2D eigenvalue weighted by Gasteiger charge is 2.59. The standard InChI is InChI=1S/C26H25N9O6.C2HF3O2/c27-22-18-19(32-35(24(18)31-11-30-22)26-3-12(4-26)5-26)20-17(21(41-33-20)13-1-2-13)23-28-6-14(7-29-23)40-15-8-34(9-15)25(38)39-10-16(36)37;3-2(4,5)1(6)7/h6-7,11-13,15H,1-5,8-10H2,(H,36,37)(H2,27,30,31);(H,6,7). The molecule has 48 heavy (non-hydrogen) atoms. The van der Waals surface area contributed by atoms with Crippen LogP contribution in [0.5, 0.6) is 5.75 Å². The minimum Gasteiger partial charge on any atom is -0.483 e. The number of alkyl halides is 3. The van der Waals surface area contributed by atoms with Crippen LogP contribution in [0.2, 0.25) is 0 Å². The Morgan fingerprint density at radius 2 is 1.71 bits per heavy atom. The zero-order chi connectivity index (χ0) is 34.0. The molecule has 1 saturated heterocycles. The molecule has 0 spiro atoms. The normalized spacial score (nSPS) is 21.3. The summed E-state index contributed by atoms with van der Waals surface area (Å²) in [6.45, 7) is -0.145. The molecule has 0 atom stereocenters. The van der Waals surface area contributed by atoms with Crippen LogP contribution >= 0.6 is 0 Å². The highest BCUT2D eigenvalue weighted by Crippen LogP contribution is 2.63. The number of nitrogen functional groups attached to an aromatic ring is 1. The van der Waals surface area contributed by atoms with Gasteiger partial charge in [-0.1, -0.05) is 5.16 Å². The van der Waals surface area contributed by atoms with Crippen LogP contribution in [-0.2, 0) is 19.9 Å². The molecule has 0 aromatic carbocycles. The van der Waals surface area contributed by atoms with Gasteiger partial charge in [-0.25, -0.2) is 39.0 Å². The van der Waals surface area contributed by atoms with E-state index in [9.17, 15) is 22.8 Å². The average Bonchev–Trinajstić information content (AvgIpc) is 3.61. The highest BCUT2D eigenvalue weighted by atomic mass is 19.4. The van der Waals surface area contributed by atoms with E-state index in [1.165, 1.54) is 11.2 Å². The van der Waals surface area contributed by atoms with Gasteiger partial charge >= 0.3 is 24.2 Å². The molecule has 9 rings (SSSR count). The smallest absolute Gasteiger partial charge is 0.483 e. The first-order valence-electron chi connectivity index (χ1n) is 14.8. The van der Waals surface area contributed by atoms with Crippen molar-refractivity contribution in [3.8, 4) is 28.5 Å². The third-order valence-corrected chi connectivity index (χ3v) is 8.66. The summed E-state index contributed by atoms with van der Waals surface area (Å²) in [6.07, 6.45) is 3.76. The second-order valence-corrected chi connectivity index (χ2v) is 12.1. The Kier molecular flexibility index (Phi) is 7.31. The molecule has 0 unspecified atom stereocenters. The molecule has 252 valence electrons. The monoisotopic (exact) mass is 673 g/mol. The molecule has 0 radical (unpaired) electrons. The molecule has 4 aromatic heterocycles. The van der Waals surface area contributed by atoms with Gasteiger partial charge in [0.2, 0.25) is 0 Å². The summed E-state index contributed by atoms with van der Waals surface area (Å²) in [5.41, 5.74) is 8.77. The number of hydrogen-bond donors (Lipinski definition) is 3. The zero-order valence-electron chi connectivity index (χ0n) is 24.8. The molecule has 1 aliphatic heterocycles. The number of aromatic nitrogens is 7. The molecule has 1 amide bonds. The van der Waals surface area contributed by atoms with E-state index in [-0.39, 0.29) is 30.7 Å². The fraction of sp³-hybridized carbons (Fsp3) is 0.464.